The van der Waals surface area contributed by atoms with Crippen LogP contribution in [0, 0.1) is 0 Å². The van der Waals surface area contributed by atoms with Gasteiger partial charge in [-0.15, -0.1) is 0 Å². The maximum absolute atomic E-state index is 12.2. The zero-order valence-electron chi connectivity index (χ0n) is 13.9. The van der Waals surface area contributed by atoms with Gasteiger partial charge in [-0.1, -0.05) is 0 Å². The number of morpholine rings is 1. The summed E-state index contributed by atoms with van der Waals surface area (Å²) in [5.74, 6) is -0.458. The van der Waals surface area contributed by atoms with Gasteiger partial charge in [-0.2, -0.15) is 0 Å². The number of nitrogens with zero attached hydrogens (tertiary/aromatic N) is 1. The molecule has 1 aliphatic rings. The van der Waals surface area contributed by atoms with Crippen LogP contribution in [0.2, 0.25) is 0 Å². The molecule has 0 radical (unpaired) electrons. The van der Waals surface area contributed by atoms with Crippen molar-refractivity contribution in [3.05, 3.63) is 29.8 Å². The molecule has 1 aromatic carbocycles. The van der Waals surface area contributed by atoms with Crippen molar-refractivity contribution in [1.82, 2.24) is 9.62 Å². The van der Waals surface area contributed by atoms with Crippen LogP contribution in [-0.2, 0) is 19.5 Å². The van der Waals surface area contributed by atoms with E-state index in [1.54, 1.807) is 6.92 Å². The van der Waals surface area contributed by atoms with Gasteiger partial charge in [0.2, 0.25) is 10.0 Å². The molecule has 1 fully saturated rings. The summed E-state index contributed by atoms with van der Waals surface area (Å²) in [5.41, 5.74) is 0.336. The summed E-state index contributed by atoms with van der Waals surface area (Å²) in [7, 11) is -3.56. The lowest BCUT2D eigenvalue weighted by Gasteiger charge is -2.26. The first-order valence-corrected chi connectivity index (χ1v) is 9.58. The molecular formula is C16H24N2O5S. The van der Waals surface area contributed by atoms with Crippen LogP contribution in [0.1, 0.15) is 23.7 Å². The third-order valence-corrected chi connectivity index (χ3v) is 5.20. The van der Waals surface area contributed by atoms with Crippen molar-refractivity contribution in [2.45, 2.75) is 18.2 Å². The zero-order valence-corrected chi connectivity index (χ0v) is 14.7. The summed E-state index contributed by atoms with van der Waals surface area (Å²) in [6, 6.07) is 5.74. The summed E-state index contributed by atoms with van der Waals surface area (Å²) < 4.78 is 37.2. The number of rotatable bonds is 8. The van der Waals surface area contributed by atoms with Crippen molar-refractivity contribution in [3.63, 3.8) is 0 Å². The van der Waals surface area contributed by atoms with E-state index >= 15 is 0 Å². The van der Waals surface area contributed by atoms with Crippen LogP contribution in [0.5, 0.6) is 0 Å². The lowest BCUT2D eigenvalue weighted by molar-refractivity contribution is 0.0376. The fourth-order valence-corrected chi connectivity index (χ4v) is 3.48. The molecule has 0 atom stereocenters. The molecule has 1 saturated heterocycles. The third-order valence-electron chi connectivity index (χ3n) is 3.72. The Kier molecular flexibility index (Phi) is 7.16. The molecule has 0 spiro atoms. The van der Waals surface area contributed by atoms with Gasteiger partial charge in [0.05, 0.1) is 30.3 Å². The minimum Gasteiger partial charge on any atom is -0.462 e. The number of nitrogens with one attached hydrogen (secondary N) is 1. The zero-order chi connectivity index (χ0) is 17.4. The van der Waals surface area contributed by atoms with Gasteiger partial charge in [-0.25, -0.2) is 17.9 Å². The molecule has 0 saturated carbocycles. The summed E-state index contributed by atoms with van der Waals surface area (Å²) in [6.45, 7) is 6.47. The molecule has 1 heterocycles. The molecule has 8 heteroatoms. The predicted octanol–water partition coefficient (Wildman–Crippen LogP) is 0.864. The maximum Gasteiger partial charge on any atom is 0.338 e. The normalized spacial score (nSPS) is 16.0. The molecular weight excluding hydrogens is 332 g/mol. The summed E-state index contributed by atoms with van der Waals surface area (Å²) >= 11 is 0. The summed E-state index contributed by atoms with van der Waals surface area (Å²) in [4.78, 5) is 14.0. The van der Waals surface area contributed by atoms with E-state index in [-0.39, 0.29) is 11.5 Å². The van der Waals surface area contributed by atoms with Crippen LogP contribution in [0.15, 0.2) is 29.2 Å². The SMILES string of the molecule is CCOC(=O)c1ccc(S(=O)(=O)NCCCN2CCOCC2)cc1. The highest BCUT2D eigenvalue weighted by Crippen LogP contribution is 2.11. The highest BCUT2D eigenvalue weighted by molar-refractivity contribution is 7.89. The van der Waals surface area contributed by atoms with Crippen LogP contribution in [0.3, 0.4) is 0 Å². The fourth-order valence-electron chi connectivity index (χ4n) is 2.40. The van der Waals surface area contributed by atoms with Crippen LogP contribution in [0.4, 0.5) is 0 Å². The summed E-state index contributed by atoms with van der Waals surface area (Å²) in [6.07, 6.45) is 0.736. The second-order valence-electron chi connectivity index (χ2n) is 5.45. The number of hydrogen-bond donors (Lipinski definition) is 1. The lowest BCUT2D eigenvalue weighted by Crippen LogP contribution is -2.38. The van der Waals surface area contributed by atoms with Gasteiger partial charge < -0.3 is 9.47 Å². The molecule has 24 heavy (non-hydrogen) atoms. The molecule has 0 bridgehead atoms. The highest BCUT2D eigenvalue weighted by atomic mass is 32.2. The number of esters is 1. The van der Waals surface area contributed by atoms with E-state index in [2.05, 4.69) is 9.62 Å². The molecule has 134 valence electrons. The van der Waals surface area contributed by atoms with Crippen LogP contribution >= 0.6 is 0 Å². The first kappa shape index (κ1) is 18.9. The number of ether oxygens (including phenoxy) is 2. The monoisotopic (exact) mass is 356 g/mol. The molecule has 1 aromatic rings. The Hall–Kier alpha value is -1.48. The van der Waals surface area contributed by atoms with Crippen LogP contribution in [-0.4, -0.2) is 65.3 Å². The average Bonchev–Trinajstić information content (AvgIpc) is 2.60. The van der Waals surface area contributed by atoms with Gasteiger partial charge >= 0.3 is 5.97 Å². The minimum absolute atomic E-state index is 0.141. The van der Waals surface area contributed by atoms with Crippen molar-refractivity contribution in [2.24, 2.45) is 0 Å². The summed E-state index contributed by atoms with van der Waals surface area (Å²) in [5, 5.41) is 0. The molecule has 0 aliphatic carbocycles. The fraction of sp³-hybridized carbons (Fsp3) is 0.562. The molecule has 0 unspecified atom stereocenters. The Bertz CT molecular complexity index is 624. The van der Waals surface area contributed by atoms with E-state index in [9.17, 15) is 13.2 Å². The Morgan fingerprint density at radius 2 is 1.92 bits per heavy atom. The molecule has 1 aliphatic heterocycles. The van der Waals surface area contributed by atoms with Gasteiger partial charge in [-0.05, 0) is 44.2 Å². The van der Waals surface area contributed by atoms with E-state index in [4.69, 9.17) is 9.47 Å². The van der Waals surface area contributed by atoms with Gasteiger partial charge in [-0.3, -0.25) is 4.90 Å². The van der Waals surface area contributed by atoms with E-state index in [0.29, 0.717) is 12.1 Å². The van der Waals surface area contributed by atoms with Crippen molar-refractivity contribution in [3.8, 4) is 0 Å². The number of benzene rings is 1. The predicted molar refractivity (Wildman–Crippen MR) is 89.5 cm³/mol. The molecule has 0 amide bonds. The van der Waals surface area contributed by atoms with Gasteiger partial charge in [0.15, 0.2) is 0 Å². The van der Waals surface area contributed by atoms with Crippen molar-refractivity contribution >= 4 is 16.0 Å². The smallest absolute Gasteiger partial charge is 0.338 e. The van der Waals surface area contributed by atoms with E-state index < -0.39 is 16.0 Å². The average molecular weight is 356 g/mol. The third kappa shape index (κ3) is 5.55. The van der Waals surface area contributed by atoms with Crippen molar-refractivity contribution in [2.75, 3.05) is 46.0 Å². The topological polar surface area (TPSA) is 84.9 Å². The van der Waals surface area contributed by atoms with Crippen LogP contribution < -0.4 is 4.72 Å². The van der Waals surface area contributed by atoms with E-state index in [1.165, 1.54) is 24.3 Å². The van der Waals surface area contributed by atoms with E-state index in [0.717, 1.165) is 39.3 Å². The maximum atomic E-state index is 12.2. The van der Waals surface area contributed by atoms with Gasteiger partial charge in [0, 0.05) is 19.6 Å². The first-order valence-electron chi connectivity index (χ1n) is 8.10. The first-order chi connectivity index (χ1) is 11.5. The molecule has 7 nitrogen and oxygen atoms in total. The number of sulfonamides is 1. The Balaban J connectivity index is 1.82. The number of carbonyl (C=O) groups excluding carboxylic acids is 1. The molecule has 0 aromatic heterocycles. The second kappa shape index (κ2) is 9.12. The Morgan fingerprint density at radius 1 is 1.25 bits per heavy atom. The van der Waals surface area contributed by atoms with Crippen molar-refractivity contribution < 1.29 is 22.7 Å². The van der Waals surface area contributed by atoms with Crippen LogP contribution in [0.25, 0.3) is 0 Å². The highest BCUT2D eigenvalue weighted by Gasteiger charge is 2.15. The Morgan fingerprint density at radius 3 is 2.54 bits per heavy atom. The quantitative estimate of drug-likeness (QED) is 0.549. The number of hydrogen-bond acceptors (Lipinski definition) is 6. The lowest BCUT2D eigenvalue weighted by atomic mass is 10.2. The standard InChI is InChI=1S/C16H24N2O5S/c1-2-23-16(19)14-4-6-15(7-5-14)24(20,21)17-8-3-9-18-10-12-22-13-11-18/h4-7,17H,2-3,8-13H2,1H3. The largest absolute Gasteiger partial charge is 0.462 e. The molecule has 2 rings (SSSR count). The molecule has 1 N–H and O–H groups in total. The van der Waals surface area contributed by atoms with Gasteiger partial charge in [0.25, 0.3) is 0 Å². The minimum atomic E-state index is -3.56. The second-order valence-corrected chi connectivity index (χ2v) is 7.22. The van der Waals surface area contributed by atoms with Crippen molar-refractivity contribution in [1.29, 1.82) is 0 Å². The van der Waals surface area contributed by atoms with Gasteiger partial charge in [0.1, 0.15) is 0 Å². The van der Waals surface area contributed by atoms with E-state index in [1.807, 2.05) is 0 Å². The Labute approximate surface area is 143 Å². The number of carbonyl (C=O) groups is 1.